The fourth-order valence-electron chi connectivity index (χ4n) is 3.65. The predicted octanol–water partition coefficient (Wildman–Crippen LogP) is 5.86. The van der Waals surface area contributed by atoms with E-state index >= 15 is 0 Å². The summed E-state index contributed by atoms with van der Waals surface area (Å²) in [5.74, 6) is -0.204. The third kappa shape index (κ3) is 4.96. The third-order valence-electron chi connectivity index (χ3n) is 5.58. The normalized spacial score (nSPS) is 14.9. The molecule has 3 heterocycles. The molecule has 0 bridgehead atoms. The summed E-state index contributed by atoms with van der Waals surface area (Å²) < 4.78 is 1.97. The highest BCUT2D eigenvalue weighted by molar-refractivity contribution is 8.26. The van der Waals surface area contributed by atoms with Crippen LogP contribution in [0.3, 0.4) is 0 Å². The molecule has 1 aliphatic rings. The minimum Gasteiger partial charge on any atom is -0.288 e. The maximum absolute atomic E-state index is 13.5. The highest BCUT2D eigenvalue weighted by Crippen LogP contribution is 2.35. The Labute approximate surface area is 216 Å². The number of hydrogen-bond acceptors (Lipinski definition) is 6. The highest BCUT2D eigenvalue weighted by atomic mass is 32.2. The number of aryl methyl sites for hydroxylation is 2. The van der Waals surface area contributed by atoms with E-state index in [0.717, 1.165) is 21.6 Å². The summed E-state index contributed by atoms with van der Waals surface area (Å²) in [6, 6.07) is 21.5. The van der Waals surface area contributed by atoms with E-state index in [4.69, 9.17) is 17.2 Å². The zero-order valence-electron chi connectivity index (χ0n) is 19.1. The van der Waals surface area contributed by atoms with Gasteiger partial charge in [-0.1, -0.05) is 89.3 Å². The molecule has 1 aliphatic heterocycles. The third-order valence-corrected chi connectivity index (χ3v) is 7.97. The van der Waals surface area contributed by atoms with E-state index in [9.17, 15) is 9.59 Å². The van der Waals surface area contributed by atoms with Crippen LogP contribution < -0.4 is 5.56 Å². The van der Waals surface area contributed by atoms with Gasteiger partial charge < -0.3 is 0 Å². The molecular weight excluding hydrogens is 495 g/mol. The largest absolute Gasteiger partial charge is 0.288 e. The molecule has 4 aromatic rings. The van der Waals surface area contributed by atoms with Crippen molar-refractivity contribution in [1.29, 1.82) is 0 Å². The minimum absolute atomic E-state index is 0.204. The molecule has 0 N–H and O–H groups in total. The van der Waals surface area contributed by atoms with Crippen LogP contribution in [0.25, 0.3) is 11.7 Å². The van der Waals surface area contributed by atoms with Crippen molar-refractivity contribution < 1.29 is 4.79 Å². The van der Waals surface area contributed by atoms with Crippen molar-refractivity contribution in [3.8, 4) is 0 Å². The van der Waals surface area contributed by atoms with E-state index in [1.165, 1.54) is 27.9 Å². The van der Waals surface area contributed by atoms with Crippen LogP contribution in [0.15, 0.2) is 92.5 Å². The van der Waals surface area contributed by atoms with Gasteiger partial charge in [-0.2, -0.15) is 0 Å². The summed E-state index contributed by atoms with van der Waals surface area (Å²) in [6.07, 6.45) is 3.32. The quantitative estimate of drug-likeness (QED) is 0.188. The highest BCUT2D eigenvalue weighted by Gasteiger charge is 2.32. The molecule has 1 amide bonds. The molecule has 0 radical (unpaired) electrons. The van der Waals surface area contributed by atoms with Gasteiger partial charge in [0.15, 0.2) is 0 Å². The molecular formula is C27H21N3O2S3. The molecule has 8 heteroatoms. The van der Waals surface area contributed by atoms with Crippen molar-refractivity contribution in [2.45, 2.75) is 30.3 Å². The first-order valence-corrected chi connectivity index (χ1v) is 13.0. The molecule has 2 aromatic carbocycles. The number of carbonyl (C=O) groups excluding carboxylic acids is 1. The molecule has 174 valence electrons. The van der Waals surface area contributed by atoms with Gasteiger partial charge in [-0.15, -0.1) is 0 Å². The molecule has 35 heavy (non-hydrogen) atoms. The topological polar surface area (TPSA) is 54.7 Å². The van der Waals surface area contributed by atoms with Crippen LogP contribution in [0.4, 0.5) is 0 Å². The van der Waals surface area contributed by atoms with E-state index in [-0.39, 0.29) is 11.5 Å². The van der Waals surface area contributed by atoms with Gasteiger partial charge in [0.1, 0.15) is 15.0 Å². The Balaban J connectivity index is 1.54. The van der Waals surface area contributed by atoms with E-state index in [1.807, 2.05) is 68.4 Å². The van der Waals surface area contributed by atoms with Gasteiger partial charge >= 0.3 is 0 Å². The zero-order chi connectivity index (χ0) is 24.5. The Morgan fingerprint density at radius 1 is 0.971 bits per heavy atom. The number of rotatable bonds is 5. The fraction of sp³-hybridized carbons (Fsp3) is 0.111. The molecule has 5 rings (SSSR count). The number of fused-ring (bicyclic) bond motifs is 1. The van der Waals surface area contributed by atoms with Gasteiger partial charge in [0, 0.05) is 11.1 Å². The van der Waals surface area contributed by atoms with Crippen molar-refractivity contribution in [3.05, 3.63) is 110 Å². The van der Waals surface area contributed by atoms with Gasteiger partial charge in [-0.05, 0) is 49.8 Å². The molecule has 0 aliphatic carbocycles. The number of hydrogen-bond donors (Lipinski definition) is 0. The van der Waals surface area contributed by atoms with Crippen LogP contribution in [0, 0.1) is 13.8 Å². The van der Waals surface area contributed by atoms with Crippen LogP contribution in [0.5, 0.6) is 0 Å². The monoisotopic (exact) mass is 515 g/mol. The SMILES string of the molecule is Cc1ccc(CN2C(=O)C(=Cc3c(Sc4ccc(C)cc4)nc4ccccn4c3=O)SC2=S)cc1. The van der Waals surface area contributed by atoms with Crippen LogP contribution in [0.2, 0.25) is 0 Å². The summed E-state index contributed by atoms with van der Waals surface area (Å²) in [6.45, 7) is 4.44. The number of thioether (sulfide) groups is 1. The van der Waals surface area contributed by atoms with Crippen LogP contribution in [-0.2, 0) is 11.3 Å². The van der Waals surface area contributed by atoms with E-state index in [2.05, 4.69) is 0 Å². The number of nitrogens with zero attached hydrogens (tertiary/aromatic N) is 3. The average molecular weight is 516 g/mol. The summed E-state index contributed by atoms with van der Waals surface area (Å²) >= 11 is 8.14. The van der Waals surface area contributed by atoms with Crippen molar-refractivity contribution in [2.24, 2.45) is 0 Å². The summed E-state index contributed by atoms with van der Waals surface area (Å²) in [4.78, 5) is 34.5. The number of thiocarbonyl (C=S) groups is 1. The first-order valence-electron chi connectivity index (χ1n) is 11.0. The summed E-state index contributed by atoms with van der Waals surface area (Å²) in [5.41, 5.74) is 4.00. The molecule has 0 unspecified atom stereocenters. The van der Waals surface area contributed by atoms with Crippen molar-refractivity contribution >= 4 is 57.7 Å². The molecule has 2 aromatic heterocycles. The Bertz CT molecular complexity index is 1540. The van der Waals surface area contributed by atoms with Gasteiger partial charge in [0.25, 0.3) is 11.5 Å². The van der Waals surface area contributed by atoms with Crippen LogP contribution in [-0.4, -0.2) is 24.5 Å². The number of carbonyl (C=O) groups is 1. The lowest BCUT2D eigenvalue weighted by Gasteiger charge is -2.14. The van der Waals surface area contributed by atoms with Gasteiger partial charge in [-0.25, -0.2) is 4.98 Å². The average Bonchev–Trinajstić information content (AvgIpc) is 3.11. The fourth-order valence-corrected chi connectivity index (χ4v) is 5.77. The number of benzene rings is 2. The molecule has 0 atom stereocenters. The van der Waals surface area contributed by atoms with Gasteiger partial charge in [0.2, 0.25) is 0 Å². The van der Waals surface area contributed by atoms with E-state index < -0.39 is 0 Å². The van der Waals surface area contributed by atoms with Crippen LogP contribution in [0.1, 0.15) is 22.3 Å². The second-order valence-corrected chi connectivity index (χ2v) is 11.0. The summed E-state index contributed by atoms with van der Waals surface area (Å²) in [7, 11) is 0. The lowest BCUT2D eigenvalue weighted by atomic mass is 10.1. The van der Waals surface area contributed by atoms with Gasteiger partial charge in [-0.3, -0.25) is 18.9 Å². The second-order valence-electron chi connectivity index (χ2n) is 8.23. The molecule has 5 nitrogen and oxygen atoms in total. The Morgan fingerprint density at radius 3 is 2.37 bits per heavy atom. The Hall–Kier alpha value is -3.20. The molecule has 1 saturated heterocycles. The maximum atomic E-state index is 13.5. The molecule has 0 spiro atoms. The molecule has 0 saturated carbocycles. The summed E-state index contributed by atoms with van der Waals surface area (Å²) in [5, 5.41) is 0.550. The molecule has 1 fully saturated rings. The smallest absolute Gasteiger partial charge is 0.266 e. The van der Waals surface area contributed by atoms with Gasteiger partial charge in [0.05, 0.1) is 17.0 Å². The number of amides is 1. The second kappa shape index (κ2) is 9.81. The Kier molecular flexibility index (Phi) is 6.60. The minimum atomic E-state index is -0.228. The van der Waals surface area contributed by atoms with Crippen molar-refractivity contribution in [2.75, 3.05) is 0 Å². The predicted molar refractivity (Wildman–Crippen MR) is 147 cm³/mol. The first-order chi connectivity index (χ1) is 16.9. The van der Waals surface area contributed by atoms with Crippen molar-refractivity contribution in [1.82, 2.24) is 14.3 Å². The zero-order valence-corrected chi connectivity index (χ0v) is 21.5. The number of pyridine rings is 1. The van der Waals surface area contributed by atoms with E-state index in [0.29, 0.717) is 32.0 Å². The van der Waals surface area contributed by atoms with Crippen molar-refractivity contribution in [3.63, 3.8) is 0 Å². The standard InChI is InChI=1S/C27H21N3O2S3/c1-17-6-10-19(11-7-17)16-30-26(32)22(35-27(30)33)15-21-24(34-20-12-8-18(2)9-13-20)28-23-5-3-4-14-29(23)25(21)31/h3-15H,16H2,1-2H3. The lowest BCUT2D eigenvalue weighted by Crippen LogP contribution is -2.27. The lowest BCUT2D eigenvalue weighted by molar-refractivity contribution is -0.122. The van der Waals surface area contributed by atoms with E-state index in [1.54, 1.807) is 29.3 Å². The Morgan fingerprint density at radius 2 is 1.66 bits per heavy atom. The van der Waals surface area contributed by atoms with Crippen LogP contribution >= 0.6 is 35.7 Å². The number of aromatic nitrogens is 2. The maximum Gasteiger partial charge on any atom is 0.266 e. The first kappa shape index (κ1) is 23.5.